The fourth-order valence-corrected chi connectivity index (χ4v) is 3.01. The van der Waals surface area contributed by atoms with Gasteiger partial charge in [0.2, 0.25) is 0 Å². The van der Waals surface area contributed by atoms with Gasteiger partial charge in [0.05, 0.1) is 17.2 Å². The SMILES string of the molecule is S=C(Nc1ccc(Br)cc1)Nc1cccc(Cn2cc(Br)cn2)c1. The zero-order chi connectivity index (χ0) is 16.9. The maximum Gasteiger partial charge on any atom is 0.175 e. The Hall–Kier alpha value is -1.70. The molecular weight excluding hydrogens is 452 g/mol. The van der Waals surface area contributed by atoms with Gasteiger partial charge in [-0.1, -0.05) is 28.1 Å². The van der Waals surface area contributed by atoms with Crippen molar-refractivity contribution in [3.63, 3.8) is 0 Å². The minimum Gasteiger partial charge on any atom is -0.332 e. The number of rotatable bonds is 4. The van der Waals surface area contributed by atoms with Crippen LogP contribution in [0.1, 0.15) is 5.56 Å². The van der Waals surface area contributed by atoms with Gasteiger partial charge >= 0.3 is 0 Å². The summed E-state index contributed by atoms with van der Waals surface area (Å²) < 4.78 is 3.88. The highest BCUT2D eigenvalue weighted by molar-refractivity contribution is 9.10. The lowest BCUT2D eigenvalue weighted by atomic mass is 10.2. The number of hydrogen-bond donors (Lipinski definition) is 2. The van der Waals surface area contributed by atoms with Crippen molar-refractivity contribution in [1.82, 2.24) is 9.78 Å². The van der Waals surface area contributed by atoms with Crippen LogP contribution in [0.4, 0.5) is 11.4 Å². The van der Waals surface area contributed by atoms with Crippen LogP contribution < -0.4 is 10.6 Å². The molecule has 2 aromatic carbocycles. The largest absolute Gasteiger partial charge is 0.332 e. The molecule has 3 aromatic rings. The summed E-state index contributed by atoms with van der Waals surface area (Å²) in [5.41, 5.74) is 3.02. The van der Waals surface area contributed by atoms with Gasteiger partial charge in [0, 0.05) is 22.0 Å². The van der Waals surface area contributed by atoms with Gasteiger partial charge in [0.15, 0.2) is 5.11 Å². The van der Waals surface area contributed by atoms with Crippen LogP contribution in [0.15, 0.2) is 69.9 Å². The third-order valence-corrected chi connectivity index (χ3v) is 4.38. The first-order chi connectivity index (χ1) is 11.6. The molecule has 0 bridgehead atoms. The van der Waals surface area contributed by atoms with Crippen molar-refractivity contribution in [3.8, 4) is 0 Å². The fraction of sp³-hybridized carbons (Fsp3) is 0.0588. The molecule has 2 N–H and O–H groups in total. The third kappa shape index (κ3) is 4.90. The molecule has 0 atom stereocenters. The van der Waals surface area contributed by atoms with Gasteiger partial charge in [-0.2, -0.15) is 5.10 Å². The van der Waals surface area contributed by atoms with Gasteiger partial charge in [-0.15, -0.1) is 0 Å². The van der Waals surface area contributed by atoms with E-state index >= 15 is 0 Å². The quantitative estimate of drug-likeness (QED) is 0.515. The van der Waals surface area contributed by atoms with Crippen LogP contribution >= 0.6 is 44.1 Å². The highest BCUT2D eigenvalue weighted by atomic mass is 79.9. The molecule has 24 heavy (non-hydrogen) atoms. The maximum atomic E-state index is 5.37. The molecule has 0 aliphatic rings. The zero-order valence-corrected chi connectivity index (χ0v) is 16.5. The molecule has 0 aliphatic heterocycles. The summed E-state index contributed by atoms with van der Waals surface area (Å²) in [4.78, 5) is 0. The van der Waals surface area contributed by atoms with Crippen molar-refractivity contribution in [2.45, 2.75) is 6.54 Å². The number of thiocarbonyl (C=S) groups is 1. The van der Waals surface area contributed by atoms with E-state index in [2.05, 4.69) is 59.7 Å². The summed E-state index contributed by atoms with van der Waals surface area (Å²) in [6.45, 7) is 0.702. The van der Waals surface area contributed by atoms with Crippen LogP contribution in [-0.4, -0.2) is 14.9 Å². The van der Waals surface area contributed by atoms with E-state index in [0.717, 1.165) is 25.9 Å². The molecule has 0 fully saturated rings. The Morgan fingerprint density at radius 1 is 1.00 bits per heavy atom. The van der Waals surface area contributed by atoms with E-state index in [9.17, 15) is 0 Å². The molecule has 0 saturated heterocycles. The summed E-state index contributed by atoms with van der Waals surface area (Å²) in [6, 6.07) is 16.0. The summed E-state index contributed by atoms with van der Waals surface area (Å²) in [6.07, 6.45) is 3.72. The van der Waals surface area contributed by atoms with Gasteiger partial charge in [-0.3, -0.25) is 4.68 Å². The Morgan fingerprint density at radius 2 is 1.75 bits per heavy atom. The van der Waals surface area contributed by atoms with E-state index in [0.29, 0.717) is 11.7 Å². The lowest BCUT2D eigenvalue weighted by Crippen LogP contribution is -2.19. The second-order valence-corrected chi connectivity index (χ2v) is 7.38. The second kappa shape index (κ2) is 7.92. The average molecular weight is 466 g/mol. The molecule has 4 nitrogen and oxygen atoms in total. The lowest BCUT2D eigenvalue weighted by Gasteiger charge is -2.12. The second-order valence-electron chi connectivity index (χ2n) is 5.14. The zero-order valence-electron chi connectivity index (χ0n) is 12.5. The molecule has 0 unspecified atom stereocenters. The van der Waals surface area contributed by atoms with E-state index in [1.807, 2.05) is 47.3 Å². The maximum absolute atomic E-state index is 5.37. The predicted molar refractivity (Wildman–Crippen MR) is 109 cm³/mol. The molecule has 1 heterocycles. The minimum atomic E-state index is 0.552. The highest BCUT2D eigenvalue weighted by Crippen LogP contribution is 2.16. The van der Waals surface area contributed by atoms with Gasteiger partial charge in [-0.05, 0) is 70.1 Å². The van der Waals surface area contributed by atoms with E-state index in [1.165, 1.54) is 0 Å². The van der Waals surface area contributed by atoms with E-state index in [4.69, 9.17) is 12.2 Å². The Bertz CT molecular complexity index is 846. The number of hydrogen-bond acceptors (Lipinski definition) is 2. The minimum absolute atomic E-state index is 0.552. The first-order valence-corrected chi connectivity index (χ1v) is 9.18. The Balaban J connectivity index is 1.63. The van der Waals surface area contributed by atoms with Crippen LogP contribution in [0.5, 0.6) is 0 Å². The summed E-state index contributed by atoms with van der Waals surface area (Å²) in [5.74, 6) is 0. The predicted octanol–water partition coefficient (Wildman–Crippen LogP) is 5.27. The normalized spacial score (nSPS) is 10.4. The molecule has 0 aliphatic carbocycles. The standard InChI is InChI=1S/C17H14Br2N4S/c18-13-4-6-15(7-5-13)21-17(24)22-16-3-1-2-12(8-16)10-23-11-14(19)9-20-23/h1-9,11H,10H2,(H2,21,22,24). The number of nitrogens with zero attached hydrogens (tertiary/aromatic N) is 2. The molecule has 0 spiro atoms. The van der Waals surface area contributed by atoms with Crippen LogP contribution in [0.2, 0.25) is 0 Å². The summed E-state index contributed by atoms with van der Waals surface area (Å²) >= 11 is 12.2. The van der Waals surface area contributed by atoms with Crippen LogP contribution in [0.3, 0.4) is 0 Å². The van der Waals surface area contributed by atoms with Crippen molar-refractivity contribution in [1.29, 1.82) is 0 Å². The van der Waals surface area contributed by atoms with Crippen LogP contribution in [0.25, 0.3) is 0 Å². The van der Waals surface area contributed by atoms with Crippen molar-refractivity contribution in [2.75, 3.05) is 10.6 Å². The van der Waals surface area contributed by atoms with Gasteiger partial charge in [0.1, 0.15) is 0 Å². The lowest BCUT2D eigenvalue weighted by molar-refractivity contribution is 0.687. The molecule has 0 saturated carbocycles. The fourth-order valence-electron chi connectivity index (χ4n) is 2.19. The Labute approximate surface area is 162 Å². The van der Waals surface area contributed by atoms with Crippen molar-refractivity contribution in [3.05, 3.63) is 75.4 Å². The Morgan fingerprint density at radius 3 is 2.46 bits per heavy atom. The molecule has 0 radical (unpaired) electrons. The topological polar surface area (TPSA) is 41.9 Å². The van der Waals surface area contributed by atoms with Crippen molar-refractivity contribution >= 4 is 60.6 Å². The van der Waals surface area contributed by atoms with E-state index in [1.54, 1.807) is 6.20 Å². The third-order valence-electron chi connectivity index (χ3n) is 3.23. The van der Waals surface area contributed by atoms with E-state index < -0.39 is 0 Å². The first kappa shape index (κ1) is 17.1. The molecule has 1 aromatic heterocycles. The van der Waals surface area contributed by atoms with Gasteiger partial charge < -0.3 is 10.6 Å². The molecule has 0 amide bonds. The first-order valence-electron chi connectivity index (χ1n) is 7.19. The number of nitrogens with one attached hydrogen (secondary N) is 2. The number of anilines is 2. The number of benzene rings is 2. The van der Waals surface area contributed by atoms with E-state index in [-0.39, 0.29) is 0 Å². The Kier molecular flexibility index (Phi) is 5.65. The smallest absolute Gasteiger partial charge is 0.175 e. The molecular formula is C17H14Br2N4S. The van der Waals surface area contributed by atoms with Gasteiger partial charge in [-0.25, -0.2) is 0 Å². The van der Waals surface area contributed by atoms with Gasteiger partial charge in [0.25, 0.3) is 0 Å². The molecule has 3 rings (SSSR count). The van der Waals surface area contributed by atoms with Crippen LogP contribution in [0, 0.1) is 0 Å². The summed E-state index contributed by atoms with van der Waals surface area (Å²) in [7, 11) is 0. The monoisotopic (exact) mass is 464 g/mol. The van der Waals surface area contributed by atoms with Crippen molar-refractivity contribution < 1.29 is 0 Å². The van der Waals surface area contributed by atoms with Crippen LogP contribution in [-0.2, 0) is 6.54 Å². The number of aromatic nitrogens is 2. The summed E-state index contributed by atoms with van der Waals surface area (Å²) in [5, 5.41) is 11.2. The molecule has 122 valence electrons. The average Bonchev–Trinajstić information content (AvgIpc) is 2.95. The molecule has 7 heteroatoms. The van der Waals surface area contributed by atoms with Crippen molar-refractivity contribution in [2.24, 2.45) is 0 Å². The number of halogens is 2. The highest BCUT2D eigenvalue weighted by Gasteiger charge is 2.02.